The molecule has 1 N–H and O–H groups in total. The number of benzene rings is 2. The van der Waals surface area contributed by atoms with Crippen molar-refractivity contribution in [1.82, 2.24) is 10.2 Å². The molecule has 0 aliphatic carbocycles. The third kappa shape index (κ3) is 8.12. The minimum atomic E-state index is -4.70. The SMILES string of the molecule is CC[C@@H](C)NC(=O)[C@@H](C)N(Cc1ccc(Cl)cc1)C(=O)CN(c1cccc(C(F)(F)F)c1)S(C)(=O)=O. The van der Waals surface area contributed by atoms with E-state index in [-0.39, 0.29) is 18.3 Å². The Hall–Kier alpha value is -2.79. The van der Waals surface area contributed by atoms with Gasteiger partial charge < -0.3 is 10.2 Å². The van der Waals surface area contributed by atoms with Crippen molar-refractivity contribution in [3.63, 3.8) is 0 Å². The van der Waals surface area contributed by atoms with Crippen molar-refractivity contribution in [2.75, 3.05) is 17.1 Å². The molecular formula is C24H29ClF3N3O4S. The lowest BCUT2D eigenvalue weighted by molar-refractivity contribution is -0.139. The highest BCUT2D eigenvalue weighted by Gasteiger charge is 2.33. The van der Waals surface area contributed by atoms with Crippen molar-refractivity contribution >= 4 is 39.1 Å². The lowest BCUT2D eigenvalue weighted by Gasteiger charge is -2.32. The molecule has 0 unspecified atom stereocenters. The normalized spacial score (nSPS) is 13.6. The number of amides is 2. The number of carbonyl (C=O) groups is 2. The zero-order valence-corrected chi connectivity index (χ0v) is 21.9. The molecule has 2 aromatic carbocycles. The number of nitrogens with one attached hydrogen (secondary N) is 1. The molecule has 7 nitrogen and oxygen atoms in total. The van der Waals surface area contributed by atoms with Gasteiger partial charge in [-0.2, -0.15) is 13.2 Å². The van der Waals surface area contributed by atoms with E-state index in [4.69, 9.17) is 11.6 Å². The van der Waals surface area contributed by atoms with Crippen molar-refractivity contribution in [1.29, 1.82) is 0 Å². The van der Waals surface area contributed by atoms with Crippen molar-refractivity contribution in [3.05, 3.63) is 64.7 Å². The van der Waals surface area contributed by atoms with E-state index in [0.717, 1.165) is 18.4 Å². The van der Waals surface area contributed by atoms with Gasteiger partial charge in [-0.15, -0.1) is 0 Å². The van der Waals surface area contributed by atoms with E-state index < -0.39 is 46.2 Å². The average molecular weight is 548 g/mol. The predicted molar refractivity (Wildman–Crippen MR) is 133 cm³/mol. The van der Waals surface area contributed by atoms with Crippen LogP contribution < -0.4 is 9.62 Å². The van der Waals surface area contributed by atoms with Crippen LogP contribution in [0.25, 0.3) is 0 Å². The molecule has 2 rings (SSSR count). The van der Waals surface area contributed by atoms with Crippen LogP contribution >= 0.6 is 11.6 Å². The highest BCUT2D eigenvalue weighted by molar-refractivity contribution is 7.92. The van der Waals surface area contributed by atoms with Crippen LogP contribution in [0.5, 0.6) is 0 Å². The largest absolute Gasteiger partial charge is 0.416 e. The second kappa shape index (κ2) is 12.0. The van der Waals surface area contributed by atoms with Crippen molar-refractivity contribution < 1.29 is 31.2 Å². The molecule has 0 aliphatic heterocycles. The van der Waals surface area contributed by atoms with Crippen LogP contribution in [0.2, 0.25) is 5.02 Å². The molecule has 2 aromatic rings. The van der Waals surface area contributed by atoms with Crippen LogP contribution in [0.4, 0.5) is 18.9 Å². The maximum absolute atomic E-state index is 13.4. The van der Waals surface area contributed by atoms with Gasteiger partial charge in [-0.3, -0.25) is 13.9 Å². The number of carbonyl (C=O) groups excluding carboxylic acids is 2. The first kappa shape index (κ1) is 29.4. The van der Waals surface area contributed by atoms with Crippen molar-refractivity contribution in [2.45, 2.75) is 52.0 Å². The second-order valence-electron chi connectivity index (χ2n) is 8.46. The fourth-order valence-electron chi connectivity index (χ4n) is 3.29. The fourth-order valence-corrected chi connectivity index (χ4v) is 4.25. The smallest absolute Gasteiger partial charge is 0.352 e. The number of sulfonamides is 1. The topological polar surface area (TPSA) is 86.8 Å². The number of hydrogen-bond acceptors (Lipinski definition) is 4. The van der Waals surface area contributed by atoms with Crippen molar-refractivity contribution in [3.8, 4) is 0 Å². The number of rotatable bonds is 10. The minimum absolute atomic E-state index is 0.0503. The summed E-state index contributed by atoms with van der Waals surface area (Å²) >= 11 is 5.93. The fraction of sp³-hybridized carbons (Fsp3) is 0.417. The Morgan fingerprint density at radius 2 is 1.69 bits per heavy atom. The van der Waals surface area contributed by atoms with E-state index in [9.17, 15) is 31.2 Å². The van der Waals surface area contributed by atoms with E-state index in [1.807, 2.05) is 6.92 Å². The van der Waals surface area contributed by atoms with Gasteiger partial charge in [0.2, 0.25) is 21.8 Å². The van der Waals surface area contributed by atoms with E-state index >= 15 is 0 Å². The van der Waals surface area contributed by atoms with E-state index in [0.29, 0.717) is 27.4 Å². The lowest BCUT2D eigenvalue weighted by atomic mass is 10.1. The molecule has 0 saturated heterocycles. The molecule has 0 spiro atoms. The summed E-state index contributed by atoms with van der Waals surface area (Å²) in [6, 6.07) is 9.07. The minimum Gasteiger partial charge on any atom is -0.352 e. The first-order valence-corrected chi connectivity index (χ1v) is 13.3. The molecule has 2 atom stereocenters. The molecule has 36 heavy (non-hydrogen) atoms. The van der Waals surface area contributed by atoms with Gasteiger partial charge in [-0.1, -0.05) is 36.7 Å². The second-order valence-corrected chi connectivity index (χ2v) is 10.8. The molecule has 2 amide bonds. The molecule has 0 fully saturated rings. The zero-order chi connectivity index (χ0) is 27.3. The van der Waals surface area contributed by atoms with Gasteiger partial charge >= 0.3 is 6.18 Å². The van der Waals surface area contributed by atoms with Crippen LogP contribution in [0.3, 0.4) is 0 Å². The van der Waals surface area contributed by atoms with Gasteiger partial charge in [-0.25, -0.2) is 8.42 Å². The molecule has 0 aliphatic rings. The Kier molecular flexibility index (Phi) is 9.78. The molecule has 0 heterocycles. The summed E-state index contributed by atoms with van der Waals surface area (Å²) in [6.07, 6.45) is -3.25. The maximum Gasteiger partial charge on any atom is 0.416 e. The van der Waals surface area contributed by atoms with Crippen molar-refractivity contribution in [2.24, 2.45) is 0 Å². The predicted octanol–water partition coefficient (Wildman–Crippen LogP) is 4.46. The summed E-state index contributed by atoms with van der Waals surface area (Å²) < 4.78 is 65.3. The molecule has 0 saturated carbocycles. The van der Waals surface area contributed by atoms with Gasteiger partial charge in [-0.05, 0) is 56.2 Å². The van der Waals surface area contributed by atoms with Gasteiger partial charge in [0, 0.05) is 17.6 Å². The maximum atomic E-state index is 13.4. The third-order valence-electron chi connectivity index (χ3n) is 5.58. The zero-order valence-electron chi connectivity index (χ0n) is 20.3. The van der Waals surface area contributed by atoms with Crippen LogP contribution in [-0.2, 0) is 32.3 Å². The Morgan fingerprint density at radius 3 is 2.22 bits per heavy atom. The van der Waals surface area contributed by atoms with Gasteiger partial charge in [0.25, 0.3) is 0 Å². The summed E-state index contributed by atoms with van der Waals surface area (Å²) in [4.78, 5) is 27.4. The molecule has 0 bridgehead atoms. The Morgan fingerprint density at radius 1 is 1.08 bits per heavy atom. The summed E-state index contributed by atoms with van der Waals surface area (Å²) in [5, 5.41) is 3.25. The summed E-state index contributed by atoms with van der Waals surface area (Å²) in [7, 11) is -4.16. The summed E-state index contributed by atoms with van der Waals surface area (Å²) in [6.45, 7) is 4.33. The van der Waals surface area contributed by atoms with Gasteiger partial charge in [0.1, 0.15) is 12.6 Å². The molecule has 12 heteroatoms. The van der Waals surface area contributed by atoms with E-state index in [1.54, 1.807) is 31.2 Å². The first-order valence-electron chi connectivity index (χ1n) is 11.1. The lowest BCUT2D eigenvalue weighted by Crippen LogP contribution is -2.52. The van der Waals surface area contributed by atoms with Crippen LogP contribution in [-0.4, -0.2) is 50.0 Å². The average Bonchev–Trinajstić information content (AvgIpc) is 2.80. The summed E-state index contributed by atoms with van der Waals surface area (Å²) in [5.41, 5.74) is -0.745. The van der Waals surface area contributed by atoms with Gasteiger partial charge in [0.15, 0.2) is 0 Å². The van der Waals surface area contributed by atoms with E-state index in [2.05, 4.69) is 5.32 Å². The number of nitrogens with zero attached hydrogens (tertiary/aromatic N) is 2. The number of halogens is 4. The van der Waals surface area contributed by atoms with Crippen LogP contribution in [0.15, 0.2) is 48.5 Å². The number of alkyl halides is 3. The highest BCUT2D eigenvalue weighted by Crippen LogP contribution is 2.32. The standard InChI is InChI=1S/C24H29ClF3N3O4S/c1-5-16(2)29-23(33)17(3)30(14-18-9-11-20(25)12-10-18)22(32)15-31(36(4,34)35)21-8-6-7-19(13-21)24(26,27)28/h6-13,16-17H,5,14-15H2,1-4H3,(H,29,33)/t16-,17-/m1/s1. The van der Waals surface area contributed by atoms with Crippen LogP contribution in [0, 0.1) is 0 Å². The Bertz CT molecular complexity index is 1170. The Balaban J connectivity index is 2.43. The molecule has 0 aromatic heterocycles. The first-order chi connectivity index (χ1) is 16.6. The molecule has 0 radical (unpaired) electrons. The monoisotopic (exact) mass is 547 g/mol. The number of anilines is 1. The third-order valence-corrected chi connectivity index (χ3v) is 6.97. The molecular weight excluding hydrogens is 519 g/mol. The quantitative estimate of drug-likeness (QED) is 0.476. The molecule has 198 valence electrons. The Labute approximate surface area is 214 Å². The summed E-state index contributed by atoms with van der Waals surface area (Å²) in [5.74, 6) is -1.21. The van der Waals surface area contributed by atoms with Crippen LogP contribution in [0.1, 0.15) is 38.3 Å². The van der Waals surface area contributed by atoms with Gasteiger partial charge in [0.05, 0.1) is 17.5 Å². The van der Waals surface area contributed by atoms with E-state index in [1.165, 1.54) is 17.9 Å². The highest BCUT2D eigenvalue weighted by atomic mass is 35.5. The number of hydrogen-bond donors (Lipinski definition) is 1.